The van der Waals surface area contributed by atoms with Crippen LogP contribution >= 0.6 is 0 Å². The Bertz CT molecular complexity index is 410. The fraction of sp³-hybridized carbons (Fsp3) is 0.944. The third-order valence-corrected chi connectivity index (χ3v) is 5.64. The maximum absolute atomic E-state index is 13.3. The standard InChI is InChI=1S/C18H32O3/c1-15(2)8-10-18(20-7,11-9-15)14(19)13-12-16(3,4)21-17(13,5)6/h13H,8-12H2,1-7H3. The summed E-state index contributed by atoms with van der Waals surface area (Å²) in [7, 11) is 1.70. The summed E-state index contributed by atoms with van der Waals surface area (Å²) in [5.41, 5.74) is -0.906. The summed E-state index contributed by atoms with van der Waals surface area (Å²) in [5, 5.41) is 0. The van der Waals surface area contributed by atoms with E-state index < -0.39 is 11.2 Å². The molecule has 0 amide bonds. The molecule has 122 valence electrons. The van der Waals surface area contributed by atoms with E-state index >= 15 is 0 Å². The van der Waals surface area contributed by atoms with E-state index in [0.29, 0.717) is 5.41 Å². The molecule has 0 aromatic heterocycles. The van der Waals surface area contributed by atoms with E-state index in [-0.39, 0.29) is 17.3 Å². The molecule has 0 radical (unpaired) electrons. The van der Waals surface area contributed by atoms with Crippen molar-refractivity contribution in [2.24, 2.45) is 11.3 Å². The largest absolute Gasteiger partial charge is 0.370 e. The van der Waals surface area contributed by atoms with Gasteiger partial charge < -0.3 is 9.47 Å². The van der Waals surface area contributed by atoms with Gasteiger partial charge >= 0.3 is 0 Å². The molecule has 1 heterocycles. The second-order valence-corrected chi connectivity index (χ2v) is 8.95. The van der Waals surface area contributed by atoms with Gasteiger partial charge in [0.15, 0.2) is 5.78 Å². The molecule has 1 saturated heterocycles. The summed E-state index contributed by atoms with van der Waals surface area (Å²) in [6.45, 7) is 12.8. The summed E-state index contributed by atoms with van der Waals surface area (Å²) in [6, 6.07) is 0. The van der Waals surface area contributed by atoms with Crippen molar-refractivity contribution < 1.29 is 14.3 Å². The Hall–Kier alpha value is -0.410. The van der Waals surface area contributed by atoms with Crippen LogP contribution in [-0.2, 0) is 14.3 Å². The van der Waals surface area contributed by atoms with Crippen molar-refractivity contribution in [3.05, 3.63) is 0 Å². The Labute approximate surface area is 129 Å². The molecule has 0 aromatic carbocycles. The Morgan fingerprint density at radius 2 is 1.52 bits per heavy atom. The number of carbonyl (C=O) groups excluding carboxylic acids is 1. The average molecular weight is 296 g/mol. The number of Topliss-reactive ketones (excluding diaryl/α,β-unsaturated/α-hetero) is 1. The SMILES string of the molecule is COC1(C(=O)C2CC(C)(C)OC2(C)C)CCC(C)(C)CC1. The summed E-state index contributed by atoms with van der Waals surface area (Å²) in [6.07, 6.45) is 4.55. The maximum atomic E-state index is 13.3. The minimum atomic E-state index is -0.596. The van der Waals surface area contributed by atoms with Crippen molar-refractivity contribution in [1.29, 1.82) is 0 Å². The van der Waals surface area contributed by atoms with E-state index in [2.05, 4.69) is 27.7 Å². The first kappa shape index (κ1) is 17.0. The molecule has 0 aromatic rings. The number of methoxy groups -OCH3 is 1. The van der Waals surface area contributed by atoms with Crippen LogP contribution in [0.2, 0.25) is 0 Å². The molecular weight excluding hydrogens is 264 g/mol. The molecule has 2 aliphatic rings. The van der Waals surface area contributed by atoms with Crippen molar-refractivity contribution in [2.45, 2.75) is 90.4 Å². The summed E-state index contributed by atoms with van der Waals surface area (Å²) >= 11 is 0. The van der Waals surface area contributed by atoms with Crippen molar-refractivity contribution in [1.82, 2.24) is 0 Å². The highest BCUT2D eigenvalue weighted by Gasteiger charge is 2.55. The monoisotopic (exact) mass is 296 g/mol. The summed E-state index contributed by atoms with van der Waals surface area (Å²) in [5.74, 6) is 0.185. The van der Waals surface area contributed by atoms with Crippen LogP contribution in [0.25, 0.3) is 0 Å². The van der Waals surface area contributed by atoms with E-state index in [1.54, 1.807) is 7.11 Å². The quantitative estimate of drug-likeness (QED) is 0.785. The number of hydrogen-bond acceptors (Lipinski definition) is 3. The van der Waals surface area contributed by atoms with Crippen LogP contribution in [0.4, 0.5) is 0 Å². The third kappa shape index (κ3) is 3.19. The van der Waals surface area contributed by atoms with Gasteiger partial charge in [0.2, 0.25) is 0 Å². The maximum Gasteiger partial charge on any atom is 0.170 e. The molecule has 0 spiro atoms. The highest BCUT2D eigenvalue weighted by molar-refractivity contribution is 5.91. The predicted molar refractivity (Wildman–Crippen MR) is 84.3 cm³/mol. The zero-order chi connectivity index (χ0) is 16.1. The minimum Gasteiger partial charge on any atom is -0.370 e. The molecule has 0 bridgehead atoms. The lowest BCUT2D eigenvalue weighted by Gasteiger charge is -2.43. The first-order chi connectivity index (χ1) is 9.43. The predicted octanol–water partition coefficient (Wildman–Crippen LogP) is 4.13. The number of rotatable bonds is 3. The lowest BCUT2D eigenvalue weighted by Crippen LogP contribution is -2.51. The molecule has 0 N–H and O–H groups in total. The van der Waals surface area contributed by atoms with E-state index in [1.807, 2.05) is 13.8 Å². The number of hydrogen-bond donors (Lipinski definition) is 0. The van der Waals surface area contributed by atoms with Gasteiger partial charge in [0.05, 0.1) is 17.1 Å². The minimum absolute atomic E-state index is 0.0753. The van der Waals surface area contributed by atoms with Crippen molar-refractivity contribution >= 4 is 5.78 Å². The molecular formula is C18H32O3. The van der Waals surface area contributed by atoms with Crippen molar-refractivity contribution in [3.8, 4) is 0 Å². The molecule has 1 saturated carbocycles. The van der Waals surface area contributed by atoms with E-state index in [0.717, 1.165) is 32.1 Å². The van der Waals surface area contributed by atoms with E-state index in [9.17, 15) is 4.79 Å². The van der Waals surface area contributed by atoms with Crippen LogP contribution in [0.15, 0.2) is 0 Å². The second kappa shape index (κ2) is 5.06. The van der Waals surface area contributed by atoms with Crippen LogP contribution in [0.5, 0.6) is 0 Å². The summed E-state index contributed by atoms with van der Waals surface area (Å²) < 4.78 is 11.9. The lowest BCUT2D eigenvalue weighted by atomic mass is 9.66. The van der Waals surface area contributed by atoms with E-state index in [1.165, 1.54) is 0 Å². The second-order valence-electron chi connectivity index (χ2n) is 8.95. The molecule has 1 aliphatic heterocycles. The number of carbonyl (C=O) groups is 1. The zero-order valence-corrected chi connectivity index (χ0v) is 14.8. The Morgan fingerprint density at radius 3 is 1.90 bits per heavy atom. The first-order valence-electron chi connectivity index (χ1n) is 8.23. The van der Waals surface area contributed by atoms with Gasteiger partial charge in [-0.25, -0.2) is 0 Å². The highest BCUT2D eigenvalue weighted by Crippen LogP contribution is 2.49. The fourth-order valence-corrected chi connectivity index (χ4v) is 4.17. The smallest absolute Gasteiger partial charge is 0.170 e. The van der Waals surface area contributed by atoms with Gasteiger partial charge in [0, 0.05) is 7.11 Å². The van der Waals surface area contributed by atoms with Crippen LogP contribution in [0.1, 0.15) is 73.6 Å². The molecule has 2 rings (SSSR count). The van der Waals surface area contributed by atoms with Crippen molar-refractivity contribution in [3.63, 3.8) is 0 Å². The fourth-order valence-electron chi connectivity index (χ4n) is 4.17. The highest BCUT2D eigenvalue weighted by atomic mass is 16.5. The molecule has 21 heavy (non-hydrogen) atoms. The summed E-state index contributed by atoms with van der Waals surface area (Å²) in [4.78, 5) is 13.3. The number of ether oxygens (including phenoxy) is 2. The van der Waals surface area contributed by atoms with Gasteiger partial charge in [-0.3, -0.25) is 4.79 Å². The normalized spacial score (nSPS) is 32.8. The Kier molecular flexibility index (Phi) is 4.08. The van der Waals surface area contributed by atoms with Gasteiger partial charge in [0.1, 0.15) is 5.60 Å². The van der Waals surface area contributed by atoms with Gasteiger partial charge in [-0.15, -0.1) is 0 Å². The average Bonchev–Trinajstić information content (AvgIpc) is 2.57. The van der Waals surface area contributed by atoms with Gasteiger partial charge in [-0.05, 0) is 65.2 Å². The van der Waals surface area contributed by atoms with Gasteiger partial charge in [-0.2, -0.15) is 0 Å². The molecule has 3 heteroatoms. The third-order valence-electron chi connectivity index (χ3n) is 5.64. The Balaban J connectivity index is 2.22. The lowest BCUT2D eigenvalue weighted by molar-refractivity contribution is -0.157. The molecule has 1 unspecified atom stereocenters. The number of ketones is 1. The molecule has 3 nitrogen and oxygen atoms in total. The van der Waals surface area contributed by atoms with Crippen LogP contribution < -0.4 is 0 Å². The Morgan fingerprint density at radius 1 is 1.00 bits per heavy atom. The first-order valence-corrected chi connectivity index (χ1v) is 8.23. The van der Waals surface area contributed by atoms with Crippen LogP contribution in [0.3, 0.4) is 0 Å². The van der Waals surface area contributed by atoms with Crippen LogP contribution in [0, 0.1) is 11.3 Å². The molecule has 1 atom stereocenters. The zero-order valence-electron chi connectivity index (χ0n) is 14.8. The van der Waals surface area contributed by atoms with E-state index in [4.69, 9.17) is 9.47 Å². The molecule has 2 fully saturated rings. The topological polar surface area (TPSA) is 35.5 Å². The van der Waals surface area contributed by atoms with Gasteiger partial charge in [-0.1, -0.05) is 13.8 Å². The van der Waals surface area contributed by atoms with Crippen LogP contribution in [-0.4, -0.2) is 29.7 Å². The van der Waals surface area contributed by atoms with Gasteiger partial charge in [0.25, 0.3) is 0 Å². The van der Waals surface area contributed by atoms with Crippen molar-refractivity contribution in [2.75, 3.05) is 7.11 Å². The molecule has 1 aliphatic carbocycles.